The molecule has 2 rings (SSSR count). The Morgan fingerprint density at radius 3 is 2.75 bits per heavy atom. The van der Waals surface area contributed by atoms with E-state index in [4.69, 9.17) is 0 Å². The summed E-state index contributed by atoms with van der Waals surface area (Å²) in [6.45, 7) is 10.4. The van der Waals surface area contributed by atoms with Crippen LogP contribution < -0.4 is 10.6 Å². The van der Waals surface area contributed by atoms with Gasteiger partial charge in [-0.2, -0.15) is 0 Å². The molecule has 2 N–H and O–H groups in total. The molecule has 1 aliphatic heterocycles. The van der Waals surface area contributed by atoms with E-state index < -0.39 is 0 Å². The molecule has 1 saturated heterocycles. The van der Waals surface area contributed by atoms with E-state index in [2.05, 4.69) is 22.5 Å². The zero-order chi connectivity index (χ0) is 17.5. The zero-order valence-electron chi connectivity index (χ0n) is 14.8. The highest BCUT2D eigenvalue weighted by atomic mass is 16.2. The summed E-state index contributed by atoms with van der Waals surface area (Å²) in [5, 5.41) is 6.22. The average molecular weight is 332 g/mol. The molecule has 0 aliphatic carbocycles. The molecule has 0 aromatic heterocycles. The normalized spacial score (nSPS) is 18.2. The van der Waals surface area contributed by atoms with Crippen LogP contribution in [0.25, 0.3) is 0 Å². The Balaban J connectivity index is 1.98. The monoisotopic (exact) mass is 332 g/mol. The summed E-state index contributed by atoms with van der Waals surface area (Å²) in [6.07, 6.45) is 0. The van der Waals surface area contributed by atoms with E-state index in [0.29, 0.717) is 36.9 Å². The number of carbonyl (C=O) groups excluding carboxylic acids is 2. The minimum Gasteiger partial charge on any atom is -0.339 e. The van der Waals surface area contributed by atoms with Crippen LogP contribution in [-0.4, -0.2) is 66.9 Å². The van der Waals surface area contributed by atoms with E-state index in [1.807, 2.05) is 19.9 Å². The number of piperazine rings is 1. The number of rotatable bonds is 6. The van der Waals surface area contributed by atoms with Gasteiger partial charge in [0.1, 0.15) is 0 Å². The van der Waals surface area contributed by atoms with Crippen LogP contribution in [-0.2, 0) is 4.79 Å². The van der Waals surface area contributed by atoms with Crippen molar-refractivity contribution in [1.82, 2.24) is 15.1 Å². The lowest BCUT2D eigenvalue weighted by atomic mass is 10.1. The molecule has 2 amide bonds. The highest BCUT2D eigenvalue weighted by Gasteiger charge is 2.20. The third kappa shape index (κ3) is 4.79. The van der Waals surface area contributed by atoms with Gasteiger partial charge in [-0.3, -0.25) is 14.5 Å². The summed E-state index contributed by atoms with van der Waals surface area (Å²) >= 11 is 0. The van der Waals surface area contributed by atoms with E-state index in [1.165, 1.54) is 0 Å². The first kappa shape index (κ1) is 18.4. The molecule has 132 valence electrons. The van der Waals surface area contributed by atoms with Crippen molar-refractivity contribution in [3.05, 3.63) is 29.8 Å². The SMILES string of the molecule is CCN(CC)C(=O)c1cccc(NC(=O)CN2CCNC[C@H]2C)c1. The Hall–Kier alpha value is -1.92. The molecule has 1 aliphatic rings. The molecular weight excluding hydrogens is 304 g/mol. The number of benzene rings is 1. The molecule has 1 aromatic rings. The summed E-state index contributed by atoms with van der Waals surface area (Å²) in [5.41, 5.74) is 1.27. The molecular formula is C18H28N4O2. The fourth-order valence-electron chi connectivity index (χ4n) is 2.93. The van der Waals surface area contributed by atoms with Crippen molar-refractivity contribution < 1.29 is 9.59 Å². The van der Waals surface area contributed by atoms with E-state index in [9.17, 15) is 9.59 Å². The Morgan fingerprint density at radius 1 is 1.33 bits per heavy atom. The lowest BCUT2D eigenvalue weighted by Crippen LogP contribution is -2.51. The number of nitrogens with one attached hydrogen (secondary N) is 2. The first-order chi connectivity index (χ1) is 11.5. The second-order valence-corrected chi connectivity index (χ2v) is 6.13. The fraction of sp³-hybridized carbons (Fsp3) is 0.556. The lowest BCUT2D eigenvalue weighted by molar-refractivity contribution is -0.118. The van der Waals surface area contributed by atoms with Gasteiger partial charge < -0.3 is 15.5 Å². The molecule has 1 atom stereocenters. The summed E-state index contributed by atoms with van der Waals surface area (Å²) in [7, 11) is 0. The summed E-state index contributed by atoms with van der Waals surface area (Å²) in [4.78, 5) is 28.6. The van der Waals surface area contributed by atoms with Crippen LogP contribution in [0.2, 0.25) is 0 Å². The highest BCUT2D eigenvalue weighted by Crippen LogP contribution is 2.13. The minimum absolute atomic E-state index is 0.00757. The van der Waals surface area contributed by atoms with Crippen LogP contribution >= 0.6 is 0 Å². The lowest BCUT2D eigenvalue weighted by Gasteiger charge is -2.33. The molecule has 0 saturated carbocycles. The third-order valence-electron chi connectivity index (χ3n) is 4.43. The van der Waals surface area contributed by atoms with Gasteiger partial charge in [0.05, 0.1) is 6.54 Å². The number of carbonyl (C=O) groups is 2. The van der Waals surface area contributed by atoms with Gasteiger partial charge >= 0.3 is 0 Å². The maximum absolute atomic E-state index is 12.4. The Labute approximate surface area is 144 Å². The van der Waals surface area contributed by atoms with E-state index in [-0.39, 0.29) is 11.8 Å². The van der Waals surface area contributed by atoms with Crippen LogP contribution in [0.15, 0.2) is 24.3 Å². The van der Waals surface area contributed by atoms with Crippen LogP contribution in [0.3, 0.4) is 0 Å². The van der Waals surface area contributed by atoms with Gasteiger partial charge in [0.15, 0.2) is 0 Å². The Morgan fingerprint density at radius 2 is 2.08 bits per heavy atom. The summed E-state index contributed by atoms with van der Waals surface area (Å²) in [5.74, 6) is -0.0528. The molecule has 1 aromatic carbocycles. The average Bonchev–Trinajstić information content (AvgIpc) is 2.58. The van der Waals surface area contributed by atoms with E-state index in [0.717, 1.165) is 19.6 Å². The van der Waals surface area contributed by atoms with Gasteiger partial charge in [0.2, 0.25) is 5.91 Å². The summed E-state index contributed by atoms with van der Waals surface area (Å²) < 4.78 is 0. The second kappa shape index (κ2) is 8.80. The van der Waals surface area contributed by atoms with Crippen molar-refractivity contribution in [2.24, 2.45) is 0 Å². The van der Waals surface area contributed by atoms with Gasteiger partial charge in [0.25, 0.3) is 5.91 Å². The van der Waals surface area contributed by atoms with Crippen LogP contribution in [0.1, 0.15) is 31.1 Å². The van der Waals surface area contributed by atoms with Crippen molar-refractivity contribution in [1.29, 1.82) is 0 Å². The number of anilines is 1. The molecule has 0 unspecified atom stereocenters. The predicted octanol–water partition coefficient (Wildman–Crippen LogP) is 1.40. The van der Waals surface area contributed by atoms with Crippen LogP contribution in [0, 0.1) is 0 Å². The van der Waals surface area contributed by atoms with Crippen LogP contribution in [0.4, 0.5) is 5.69 Å². The Kier molecular flexibility index (Phi) is 6.75. The largest absolute Gasteiger partial charge is 0.339 e. The number of hydrogen-bond donors (Lipinski definition) is 2. The second-order valence-electron chi connectivity index (χ2n) is 6.13. The van der Waals surface area contributed by atoms with Crippen molar-refractivity contribution in [3.8, 4) is 0 Å². The fourth-order valence-corrected chi connectivity index (χ4v) is 2.93. The first-order valence-corrected chi connectivity index (χ1v) is 8.69. The standard InChI is InChI=1S/C18H28N4O2/c1-4-21(5-2)18(24)15-7-6-8-16(11-15)20-17(23)13-22-10-9-19-12-14(22)3/h6-8,11,14,19H,4-5,9-10,12-13H2,1-3H3,(H,20,23)/t14-/m1/s1. The highest BCUT2D eigenvalue weighted by molar-refractivity contribution is 5.97. The maximum Gasteiger partial charge on any atom is 0.253 e. The van der Waals surface area contributed by atoms with Crippen molar-refractivity contribution >= 4 is 17.5 Å². The number of amides is 2. The molecule has 1 fully saturated rings. The predicted molar refractivity (Wildman–Crippen MR) is 96.2 cm³/mol. The topological polar surface area (TPSA) is 64.7 Å². The number of hydrogen-bond acceptors (Lipinski definition) is 4. The van der Waals surface area contributed by atoms with Crippen molar-refractivity contribution in [3.63, 3.8) is 0 Å². The minimum atomic E-state index is -0.0452. The number of nitrogens with zero attached hydrogens (tertiary/aromatic N) is 2. The molecule has 1 heterocycles. The molecule has 0 radical (unpaired) electrons. The molecule has 6 heteroatoms. The summed E-state index contributed by atoms with van der Waals surface area (Å²) in [6, 6.07) is 7.51. The molecule has 24 heavy (non-hydrogen) atoms. The molecule has 0 spiro atoms. The quantitative estimate of drug-likeness (QED) is 0.826. The van der Waals surface area contributed by atoms with E-state index in [1.54, 1.807) is 23.1 Å². The van der Waals surface area contributed by atoms with Crippen LogP contribution in [0.5, 0.6) is 0 Å². The van der Waals surface area contributed by atoms with Gasteiger partial charge in [-0.25, -0.2) is 0 Å². The third-order valence-corrected chi connectivity index (χ3v) is 4.43. The van der Waals surface area contributed by atoms with Gasteiger partial charge in [0, 0.05) is 50.0 Å². The van der Waals surface area contributed by atoms with Crippen molar-refractivity contribution in [2.75, 3.05) is 44.6 Å². The van der Waals surface area contributed by atoms with Gasteiger partial charge in [-0.15, -0.1) is 0 Å². The van der Waals surface area contributed by atoms with Gasteiger partial charge in [-0.05, 0) is 39.0 Å². The van der Waals surface area contributed by atoms with Crippen molar-refractivity contribution in [2.45, 2.75) is 26.8 Å². The maximum atomic E-state index is 12.4. The molecule has 6 nitrogen and oxygen atoms in total. The smallest absolute Gasteiger partial charge is 0.253 e. The molecule has 0 bridgehead atoms. The van der Waals surface area contributed by atoms with Gasteiger partial charge in [-0.1, -0.05) is 6.07 Å². The first-order valence-electron chi connectivity index (χ1n) is 8.69. The zero-order valence-corrected chi connectivity index (χ0v) is 14.8. The Bertz CT molecular complexity index is 572. The van der Waals surface area contributed by atoms with E-state index >= 15 is 0 Å².